The minimum absolute atomic E-state index is 0.0818. The summed E-state index contributed by atoms with van der Waals surface area (Å²) in [5.41, 5.74) is 0.503. The highest BCUT2D eigenvalue weighted by atomic mass is 35.5. The number of benzene rings is 1. The predicted molar refractivity (Wildman–Crippen MR) is 72.9 cm³/mol. The van der Waals surface area contributed by atoms with Crippen LogP contribution in [0.5, 0.6) is 11.5 Å². The molecule has 0 saturated heterocycles. The molecule has 1 N–H and O–H groups in total. The summed E-state index contributed by atoms with van der Waals surface area (Å²) in [6.45, 7) is 3.79. The standard InChI is InChI=1S/C14H17ClO5/c1-7(2)11(14(17)18-3)12(16)8-4-9(15)13-10(5-8)19-6-20-13/h4-5,7,11-12,16H,6H2,1-3H3. The van der Waals surface area contributed by atoms with Gasteiger partial charge in [-0.3, -0.25) is 4.79 Å². The molecule has 0 fully saturated rings. The molecular weight excluding hydrogens is 284 g/mol. The van der Waals surface area contributed by atoms with Crippen LogP contribution < -0.4 is 9.47 Å². The highest BCUT2D eigenvalue weighted by Gasteiger charge is 2.33. The maximum Gasteiger partial charge on any atom is 0.311 e. The number of carbonyl (C=O) groups is 1. The van der Waals surface area contributed by atoms with Crippen LogP contribution in [0.1, 0.15) is 25.5 Å². The van der Waals surface area contributed by atoms with E-state index in [9.17, 15) is 9.90 Å². The number of methoxy groups -OCH3 is 1. The molecule has 0 spiro atoms. The van der Waals surface area contributed by atoms with Gasteiger partial charge in [-0.15, -0.1) is 0 Å². The molecule has 0 amide bonds. The molecule has 110 valence electrons. The molecule has 0 aromatic heterocycles. The fraction of sp³-hybridized carbons (Fsp3) is 0.500. The summed E-state index contributed by atoms with van der Waals surface area (Å²) in [4.78, 5) is 11.8. The zero-order valence-corrected chi connectivity index (χ0v) is 12.3. The molecule has 2 unspecified atom stereocenters. The van der Waals surface area contributed by atoms with Gasteiger partial charge in [-0.05, 0) is 23.6 Å². The molecule has 1 heterocycles. The van der Waals surface area contributed by atoms with Crippen molar-refractivity contribution in [3.05, 3.63) is 22.7 Å². The van der Waals surface area contributed by atoms with Gasteiger partial charge in [0.15, 0.2) is 11.5 Å². The van der Waals surface area contributed by atoms with Crippen LogP contribution in [0.25, 0.3) is 0 Å². The summed E-state index contributed by atoms with van der Waals surface area (Å²) in [5, 5.41) is 10.8. The molecular formula is C14H17ClO5. The van der Waals surface area contributed by atoms with Crippen molar-refractivity contribution in [2.45, 2.75) is 20.0 Å². The Morgan fingerprint density at radius 2 is 2.10 bits per heavy atom. The molecule has 20 heavy (non-hydrogen) atoms. The number of esters is 1. The van der Waals surface area contributed by atoms with Crippen molar-refractivity contribution in [1.29, 1.82) is 0 Å². The smallest absolute Gasteiger partial charge is 0.311 e. The molecule has 1 aromatic carbocycles. The van der Waals surface area contributed by atoms with Gasteiger partial charge in [0, 0.05) is 0 Å². The van der Waals surface area contributed by atoms with Gasteiger partial charge in [0.05, 0.1) is 24.2 Å². The van der Waals surface area contributed by atoms with E-state index in [4.69, 9.17) is 25.8 Å². The summed E-state index contributed by atoms with van der Waals surface area (Å²) < 4.78 is 15.2. The molecule has 0 aliphatic carbocycles. The van der Waals surface area contributed by atoms with Gasteiger partial charge >= 0.3 is 5.97 Å². The number of carbonyl (C=O) groups excluding carboxylic acids is 1. The number of hydrogen-bond donors (Lipinski definition) is 1. The lowest BCUT2D eigenvalue weighted by Gasteiger charge is -2.24. The fourth-order valence-electron chi connectivity index (χ4n) is 2.27. The van der Waals surface area contributed by atoms with Crippen molar-refractivity contribution in [1.82, 2.24) is 0 Å². The van der Waals surface area contributed by atoms with E-state index in [0.717, 1.165) is 0 Å². The number of hydrogen-bond acceptors (Lipinski definition) is 5. The van der Waals surface area contributed by atoms with Crippen molar-refractivity contribution in [2.75, 3.05) is 13.9 Å². The van der Waals surface area contributed by atoms with Crippen molar-refractivity contribution >= 4 is 17.6 Å². The molecule has 0 saturated carbocycles. The highest BCUT2D eigenvalue weighted by Crippen LogP contribution is 2.42. The minimum Gasteiger partial charge on any atom is -0.469 e. The molecule has 2 rings (SSSR count). The minimum atomic E-state index is -1.02. The second-order valence-electron chi connectivity index (χ2n) is 4.97. The molecule has 2 atom stereocenters. The van der Waals surface area contributed by atoms with Gasteiger partial charge in [-0.2, -0.15) is 0 Å². The topological polar surface area (TPSA) is 65.0 Å². The Morgan fingerprint density at radius 3 is 2.70 bits per heavy atom. The number of halogens is 1. The van der Waals surface area contributed by atoms with E-state index in [-0.39, 0.29) is 12.7 Å². The molecule has 6 heteroatoms. The number of fused-ring (bicyclic) bond motifs is 1. The molecule has 1 aliphatic rings. The van der Waals surface area contributed by atoms with Crippen LogP contribution in [0.3, 0.4) is 0 Å². The summed E-state index contributed by atoms with van der Waals surface area (Å²) in [7, 11) is 1.30. The van der Waals surface area contributed by atoms with E-state index >= 15 is 0 Å². The summed E-state index contributed by atoms with van der Waals surface area (Å²) in [6.07, 6.45) is -1.02. The molecule has 1 aliphatic heterocycles. The number of aliphatic hydroxyl groups is 1. The van der Waals surface area contributed by atoms with Crippen molar-refractivity contribution < 1.29 is 24.1 Å². The summed E-state index contributed by atoms with van der Waals surface area (Å²) >= 11 is 6.08. The fourth-order valence-corrected chi connectivity index (χ4v) is 2.54. The normalized spacial score (nSPS) is 16.1. The van der Waals surface area contributed by atoms with Crippen LogP contribution in [0.4, 0.5) is 0 Å². The van der Waals surface area contributed by atoms with Gasteiger partial charge in [-0.25, -0.2) is 0 Å². The third-order valence-corrected chi connectivity index (χ3v) is 3.60. The monoisotopic (exact) mass is 300 g/mol. The van der Waals surface area contributed by atoms with E-state index < -0.39 is 18.0 Å². The van der Waals surface area contributed by atoms with Crippen LogP contribution >= 0.6 is 11.6 Å². The first-order chi connectivity index (χ1) is 9.45. The van der Waals surface area contributed by atoms with E-state index in [0.29, 0.717) is 22.1 Å². The Labute approximate surface area is 122 Å². The van der Waals surface area contributed by atoms with Crippen LogP contribution in [-0.2, 0) is 9.53 Å². The van der Waals surface area contributed by atoms with E-state index in [1.54, 1.807) is 12.1 Å². The van der Waals surface area contributed by atoms with Crippen molar-refractivity contribution in [3.8, 4) is 11.5 Å². The maximum absolute atomic E-state index is 11.8. The number of rotatable bonds is 4. The van der Waals surface area contributed by atoms with Crippen LogP contribution in [-0.4, -0.2) is 25.0 Å². The molecule has 5 nitrogen and oxygen atoms in total. The van der Waals surface area contributed by atoms with E-state index in [2.05, 4.69) is 0 Å². The van der Waals surface area contributed by atoms with E-state index in [1.807, 2.05) is 13.8 Å². The number of aliphatic hydroxyl groups excluding tert-OH is 1. The quantitative estimate of drug-likeness (QED) is 0.866. The zero-order valence-electron chi connectivity index (χ0n) is 11.6. The van der Waals surface area contributed by atoms with Crippen LogP contribution in [0.15, 0.2) is 12.1 Å². The second-order valence-corrected chi connectivity index (χ2v) is 5.38. The lowest BCUT2D eigenvalue weighted by molar-refractivity contribution is -0.152. The average molecular weight is 301 g/mol. The Morgan fingerprint density at radius 1 is 1.40 bits per heavy atom. The molecule has 0 bridgehead atoms. The average Bonchev–Trinajstić information content (AvgIpc) is 2.86. The number of ether oxygens (including phenoxy) is 3. The Kier molecular flexibility index (Phi) is 4.40. The van der Waals surface area contributed by atoms with Gasteiger partial charge in [0.25, 0.3) is 0 Å². The molecule has 1 aromatic rings. The van der Waals surface area contributed by atoms with Gasteiger partial charge in [0.2, 0.25) is 6.79 Å². The van der Waals surface area contributed by atoms with Crippen LogP contribution in [0.2, 0.25) is 5.02 Å². The third kappa shape index (κ3) is 2.69. The lowest BCUT2D eigenvalue weighted by Crippen LogP contribution is -2.28. The summed E-state index contributed by atoms with van der Waals surface area (Å²) in [5.74, 6) is -0.278. The van der Waals surface area contributed by atoms with Gasteiger partial charge in [-0.1, -0.05) is 25.4 Å². The predicted octanol–water partition coefficient (Wildman–Crippen LogP) is 2.55. The Bertz CT molecular complexity index is 515. The largest absolute Gasteiger partial charge is 0.469 e. The van der Waals surface area contributed by atoms with Crippen molar-refractivity contribution in [3.63, 3.8) is 0 Å². The third-order valence-electron chi connectivity index (χ3n) is 3.32. The summed E-state index contributed by atoms with van der Waals surface area (Å²) in [6, 6.07) is 3.22. The van der Waals surface area contributed by atoms with Gasteiger partial charge < -0.3 is 19.3 Å². The molecule has 0 radical (unpaired) electrons. The maximum atomic E-state index is 11.8. The van der Waals surface area contributed by atoms with Crippen molar-refractivity contribution in [2.24, 2.45) is 11.8 Å². The van der Waals surface area contributed by atoms with Crippen LogP contribution in [0, 0.1) is 11.8 Å². The highest BCUT2D eigenvalue weighted by molar-refractivity contribution is 6.32. The van der Waals surface area contributed by atoms with Gasteiger partial charge in [0.1, 0.15) is 0 Å². The lowest BCUT2D eigenvalue weighted by atomic mass is 9.86. The Hall–Kier alpha value is -1.46. The van der Waals surface area contributed by atoms with E-state index in [1.165, 1.54) is 7.11 Å². The second kappa shape index (κ2) is 5.89. The Balaban J connectivity index is 2.34. The first-order valence-electron chi connectivity index (χ1n) is 6.30. The zero-order chi connectivity index (χ0) is 14.9. The first kappa shape index (κ1) is 14.9. The SMILES string of the molecule is COC(=O)C(C(C)C)C(O)c1cc(Cl)c2c(c1)OCO2. The first-order valence-corrected chi connectivity index (χ1v) is 6.68.